The van der Waals surface area contributed by atoms with E-state index in [1.807, 2.05) is 0 Å². The molecular formula is C29H27ClF2N4O3. The highest BCUT2D eigenvalue weighted by atomic mass is 35.5. The lowest BCUT2D eigenvalue weighted by molar-refractivity contribution is -0.116. The first-order chi connectivity index (χ1) is 18.7. The molecule has 0 atom stereocenters. The molecule has 1 N–H and O–H groups in total. The first kappa shape index (κ1) is 27.9. The Labute approximate surface area is 230 Å². The second kappa shape index (κ2) is 12.6. The number of carbonyl (C=O) groups excluding carboxylic acids is 1. The van der Waals surface area contributed by atoms with Crippen LogP contribution in [-0.2, 0) is 17.8 Å². The molecule has 0 bridgehead atoms. The number of aromatic nitrogens is 2. The first-order valence-corrected chi connectivity index (χ1v) is 12.4. The third kappa shape index (κ3) is 7.28. The van der Waals surface area contributed by atoms with E-state index in [2.05, 4.69) is 15.3 Å². The number of Topliss-reactive ketones (excluding diaryl/α,β-unsaturated/α-hetero) is 1. The maximum Gasteiger partial charge on any atom is 0.195 e. The number of hydrogen-bond donors (Lipinski definition) is 1. The maximum absolute atomic E-state index is 14.4. The van der Waals surface area contributed by atoms with Crippen LogP contribution in [0.15, 0.2) is 72.8 Å². The van der Waals surface area contributed by atoms with Crippen LogP contribution in [0.25, 0.3) is 10.9 Å². The van der Waals surface area contributed by atoms with Crippen LogP contribution >= 0.6 is 11.6 Å². The summed E-state index contributed by atoms with van der Waals surface area (Å²) in [6, 6.07) is 14.7. The average molecular weight is 553 g/mol. The quantitative estimate of drug-likeness (QED) is 0.219. The molecule has 7 nitrogen and oxygen atoms in total. The molecule has 0 fully saturated rings. The molecule has 0 radical (unpaired) electrons. The molecule has 4 aromatic rings. The zero-order valence-electron chi connectivity index (χ0n) is 21.7. The van der Waals surface area contributed by atoms with Crippen molar-refractivity contribution in [2.45, 2.75) is 13.0 Å². The van der Waals surface area contributed by atoms with Gasteiger partial charge in [0.15, 0.2) is 11.6 Å². The van der Waals surface area contributed by atoms with Gasteiger partial charge in [-0.25, -0.2) is 18.7 Å². The van der Waals surface area contributed by atoms with Gasteiger partial charge in [-0.05, 0) is 62.1 Å². The van der Waals surface area contributed by atoms with Gasteiger partial charge >= 0.3 is 0 Å². The largest absolute Gasteiger partial charge is 0.496 e. The molecule has 0 saturated heterocycles. The third-order valence-electron chi connectivity index (χ3n) is 5.77. The second-order valence-electron chi connectivity index (χ2n) is 9.01. The number of ketones is 1. The van der Waals surface area contributed by atoms with Gasteiger partial charge in [-0.1, -0.05) is 23.7 Å². The Kier molecular flexibility index (Phi) is 9.06. The predicted octanol–water partition coefficient (Wildman–Crippen LogP) is 6.28. The Hall–Kier alpha value is -4.08. The SMILES string of the molecule is COc1cc2ncnc(Nc3ccc(OCc4cccc(F)c4)c(Cl)c3)c2cc1CC(=O)C(F)=CCN(C)C. The number of ether oxygens (including phenoxy) is 2. The summed E-state index contributed by atoms with van der Waals surface area (Å²) in [6.07, 6.45) is 2.46. The number of nitrogens with zero attached hydrogens (tertiary/aromatic N) is 3. The standard InChI is InChI=1S/C29H27ClF2N4O3/c1-36(2)10-9-24(32)26(37)13-19-12-22-25(15-28(19)38-3)33-17-34-29(22)35-21-7-8-27(23(30)14-21)39-16-18-5-4-6-20(31)11-18/h4-9,11-12,14-15,17H,10,13,16H2,1-3H3,(H,33,34,35). The molecule has 10 heteroatoms. The van der Waals surface area contributed by atoms with Crippen LogP contribution in [-0.4, -0.2) is 48.4 Å². The van der Waals surface area contributed by atoms with Gasteiger partial charge in [0, 0.05) is 35.7 Å². The van der Waals surface area contributed by atoms with Crippen LogP contribution in [0.1, 0.15) is 11.1 Å². The van der Waals surface area contributed by atoms with E-state index in [0.29, 0.717) is 56.6 Å². The Morgan fingerprint density at radius 1 is 1.10 bits per heavy atom. The zero-order chi connectivity index (χ0) is 27.9. The number of methoxy groups -OCH3 is 1. The third-order valence-corrected chi connectivity index (χ3v) is 6.06. The summed E-state index contributed by atoms with van der Waals surface area (Å²) >= 11 is 6.44. The summed E-state index contributed by atoms with van der Waals surface area (Å²) in [6.45, 7) is 0.473. The molecule has 3 aromatic carbocycles. The Morgan fingerprint density at radius 2 is 1.92 bits per heavy atom. The maximum atomic E-state index is 14.4. The average Bonchev–Trinajstić information content (AvgIpc) is 2.91. The topological polar surface area (TPSA) is 76.6 Å². The highest BCUT2D eigenvalue weighted by Gasteiger charge is 2.17. The fourth-order valence-electron chi connectivity index (χ4n) is 3.81. The summed E-state index contributed by atoms with van der Waals surface area (Å²) in [7, 11) is 5.06. The Balaban J connectivity index is 1.56. The van der Waals surface area contributed by atoms with Gasteiger partial charge in [0.25, 0.3) is 0 Å². The molecular weight excluding hydrogens is 526 g/mol. The lowest BCUT2D eigenvalue weighted by atomic mass is 10.0. The molecule has 39 heavy (non-hydrogen) atoms. The summed E-state index contributed by atoms with van der Waals surface area (Å²) in [5.74, 6) is -0.471. The summed E-state index contributed by atoms with van der Waals surface area (Å²) in [4.78, 5) is 22.9. The fraction of sp³-hybridized carbons (Fsp3) is 0.207. The number of nitrogens with one attached hydrogen (secondary N) is 1. The van der Waals surface area contributed by atoms with Crippen molar-refractivity contribution in [3.63, 3.8) is 0 Å². The van der Waals surface area contributed by atoms with Gasteiger partial charge in [0.05, 0.1) is 17.6 Å². The number of likely N-dealkylation sites (N-methyl/N-ethyl adjacent to an activating group) is 1. The van der Waals surface area contributed by atoms with E-state index in [4.69, 9.17) is 21.1 Å². The lowest BCUT2D eigenvalue weighted by Gasteiger charge is -2.14. The fourth-order valence-corrected chi connectivity index (χ4v) is 4.05. The molecule has 0 unspecified atom stereocenters. The van der Waals surface area contributed by atoms with Crippen LogP contribution in [0, 0.1) is 5.82 Å². The number of anilines is 2. The molecule has 0 saturated carbocycles. The van der Waals surface area contributed by atoms with Crippen LogP contribution < -0.4 is 14.8 Å². The minimum atomic E-state index is -0.803. The van der Waals surface area contributed by atoms with E-state index in [0.717, 1.165) is 0 Å². The normalized spacial score (nSPS) is 11.6. The molecule has 4 rings (SSSR count). The molecule has 1 heterocycles. The van der Waals surface area contributed by atoms with Crippen molar-refractivity contribution in [2.24, 2.45) is 0 Å². The monoisotopic (exact) mass is 552 g/mol. The van der Waals surface area contributed by atoms with Gasteiger partial charge in [-0.2, -0.15) is 0 Å². The van der Waals surface area contributed by atoms with Crippen LogP contribution in [0.2, 0.25) is 5.02 Å². The molecule has 0 amide bonds. The van der Waals surface area contributed by atoms with Crippen LogP contribution in [0.4, 0.5) is 20.3 Å². The molecule has 202 valence electrons. The summed E-state index contributed by atoms with van der Waals surface area (Å²) in [5, 5.41) is 4.17. The van der Waals surface area contributed by atoms with Crippen molar-refractivity contribution in [3.05, 3.63) is 94.8 Å². The van der Waals surface area contributed by atoms with E-state index >= 15 is 0 Å². The number of allylic oxidation sites excluding steroid dienone is 1. The van der Waals surface area contributed by atoms with Crippen LogP contribution in [0.3, 0.4) is 0 Å². The van der Waals surface area contributed by atoms with Crippen molar-refractivity contribution in [1.29, 1.82) is 0 Å². The van der Waals surface area contributed by atoms with Gasteiger partial charge in [-0.3, -0.25) is 4.79 Å². The van der Waals surface area contributed by atoms with E-state index in [1.54, 1.807) is 61.5 Å². The Bertz CT molecular complexity index is 1530. The number of halogens is 3. The van der Waals surface area contributed by atoms with Crippen LogP contribution in [0.5, 0.6) is 11.5 Å². The minimum Gasteiger partial charge on any atom is -0.496 e. The second-order valence-corrected chi connectivity index (χ2v) is 9.41. The zero-order valence-corrected chi connectivity index (χ0v) is 22.4. The molecule has 0 aliphatic rings. The van der Waals surface area contributed by atoms with Crippen molar-refractivity contribution in [3.8, 4) is 11.5 Å². The Morgan fingerprint density at radius 3 is 2.64 bits per heavy atom. The van der Waals surface area contributed by atoms with Gasteiger partial charge < -0.3 is 19.7 Å². The summed E-state index contributed by atoms with van der Waals surface area (Å²) in [5.41, 5.74) is 2.38. The molecule has 0 spiro atoms. The van der Waals surface area contributed by atoms with Gasteiger partial charge in [-0.15, -0.1) is 0 Å². The number of benzene rings is 3. The number of carbonyl (C=O) groups is 1. The summed E-state index contributed by atoms with van der Waals surface area (Å²) < 4.78 is 39.0. The highest BCUT2D eigenvalue weighted by molar-refractivity contribution is 6.32. The van der Waals surface area contributed by atoms with Crippen molar-refractivity contribution < 1.29 is 23.0 Å². The molecule has 0 aliphatic carbocycles. The first-order valence-electron chi connectivity index (χ1n) is 12.0. The van der Waals surface area contributed by atoms with Crippen molar-refractivity contribution in [1.82, 2.24) is 14.9 Å². The molecule has 1 aromatic heterocycles. The molecule has 0 aliphatic heterocycles. The number of hydrogen-bond acceptors (Lipinski definition) is 7. The van der Waals surface area contributed by atoms with Gasteiger partial charge in [0.1, 0.15) is 36.1 Å². The predicted molar refractivity (Wildman–Crippen MR) is 148 cm³/mol. The van der Waals surface area contributed by atoms with Gasteiger partial charge in [0.2, 0.25) is 0 Å². The van der Waals surface area contributed by atoms with Crippen molar-refractivity contribution in [2.75, 3.05) is 33.1 Å². The van der Waals surface area contributed by atoms with E-state index in [1.165, 1.54) is 31.6 Å². The smallest absolute Gasteiger partial charge is 0.195 e. The minimum absolute atomic E-state index is 0.162. The van der Waals surface area contributed by atoms with E-state index < -0.39 is 11.6 Å². The number of fused-ring (bicyclic) bond motifs is 1. The number of rotatable bonds is 11. The van der Waals surface area contributed by atoms with E-state index in [9.17, 15) is 13.6 Å². The van der Waals surface area contributed by atoms with E-state index in [-0.39, 0.29) is 18.8 Å². The highest BCUT2D eigenvalue weighted by Crippen LogP contribution is 2.33. The lowest BCUT2D eigenvalue weighted by Crippen LogP contribution is -2.13. The van der Waals surface area contributed by atoms with Crippen molar-refractivity contribution >= 4 is 39.8 Å².